The van der Waals surface area contributed by atoms with Crippen molar-refractivity contribution in [1.82, 2.24) is 4.98 Å². The number of anilines is 1. The number of aromatic nitrogens is 1. The van der Waals surface area contributed by atoms with Gasteiger partial charge in [-0.2, -0.15) is 0 Å². The maximum Gasteiger partial charge on any atom is 0.0730 e. The zero-order valence-corrected chi connectivity index (χ0v) is 14.2. The zero-order chi connectivity index (χ0) is 16.8. The van der Waals surface area contributed by atoms with E-state index in [0.717, 1.165) is 42.7 Å². The molecule has 1 aliphatic heterocycles. The molecule has 25 heavy (non-hydrogen) atoms. The molecule has 1 saturated carbocycles. The third kappa shape index (κ3) is 2.59. The Hall–Kier alpha value is -2.39. The summed E-state index contributed by atoms with van der Waals surface area (Å²) in [5.74, 6) is 1.25. The van der Waals surface area contributed by atoms with Gasteiger partial charge in [-0.15, -0.1) is 0 Å². The Morgan fingerprint density at radius 3 is 2.32 bits per heavy atom. The maximum absolute atomic E-state index is 9.93. The number of nitrogens with zero attached hydrogens (tertiary/aromatic N) is 2. The van der Waals surface area contributed by atoms with Crippen molar-refractivity contribution in [3.05, 3.63) is 60.7 Å². The van der Waals surface area contributed by atoms with Crippen LogP contribution in [0.1, 0.15) is 12.8 Å². The smallest absolute Gasteiger partial charge is 0.0730 e. The Labute approximate surface area is 147 Å². The standard InChI is InChI=1S/C22H22N2O/c25-18-10-16-13-24(14-17(16)11-18)22-12-21(15-6-2-1-3-7-15)23-20-9-5-4-8-19(20)22/h1-9,12,16-18,25H,10-11,13-14H2/t16-,17+,18?. The van der Waals surface area contributed by atoms with E-state index in [1.807, 2.05) is 6.07 Å². The largest absolute Gasteiger partial charge is 0.393 e. The summed E-state index contributed by atoms with van der Waals surface area (Å²) in [5.41, 5.74) is 4.53. The normalized spacial score (nSPS) is 25.5. The zero-order valence-electron chi connectivity index (χ0n) is 14.2. The predicted molar refractivity (Wildman–Crippen MR) is 102 cm³/mol. The monoisotopic (exact) mass is 330 g/mol. The molecule has 1 unspecified atom stereocenters. The minimum Gasteiger partial charge on any atom is -0.393 e. The number of pyridine rings is 1. The lowest BCUT2D eigenvalue weighted by atomic mass is 10.0. The highest BCUT2D eigenvalue weighted by molar-refractivity contribution is 5.94. The lowest BCUT2D eigenvalue weighted by Gasteiger charge is -2.23. The van der Waals surface area contributed by atoms with E-state index in [1.165, 1.54) is 11.1 Å². The second-order valence-corrected chi connectivity index (χ2v) is 7.46. The number of aliphatic hydroxyl groups is 1. The van der Waals surface area contributed by atoms with Crippen molar-refractivity contribution in [2.24, 2.45) is 11.8 Å². The molecule has 2 aliphatic rings. The topological polar surface area (TPSA) is 36.4 Å². The van der Waals surface area contributed by atoms with Crippen molar-refractivity contribution >= 4 is 16.6 Å². The van der Waals surface area contributed by atoms with Crippen molar-refractivity contribution in [2.45, 2.75) is 18.9 Å². The van der Waals surface area contributed by atoms with E-state index in [9.17, 15) is 5.11 Å². The highest BCUT2D eigenvalue weighted by Crippen LogP contribution is 2.42. The van der Waals surface area contributed by atoms with Crippen LogP contribution in [-0.4, -0.2) is 29.3 Å². The number of hydrogen-bond donors (Lipinski definition) is 1. The molecular weight excluding hydrogens is 308 g/mol. The minimum absolute atomic E-state index is 0.0915. The summed E-state index contributed by atoms with van der Waals surface area (Å²) < 4.78 is 0. The van der Waals surface area contributed by atoms with Crippen molar-refractivity contribution in [1.29, 1.82) is 0 Å². The molecule has 1 N–H and O–H groups in total. The van der Waals surface area contributed by atoms with E-state index < -0.39 is 0 Å². The Bertz CT molecular complexity index is 894. The van der Waals surface area contributed by atoms with E-state index in [2.05, 4.69) is 59.5 Å². The van der Waals surface area contributed by atoms with Crippen LogP contribution in [0.15, 0.2) is 60.7 Å². The summed E-state index contributed by atoms with van der Waals surface area (Å²) in [6.07, 6.45) is 1.82. The molecule has 0 bridgehead atoms. The first-order valence-corrected chi connectivity index (χ1v) is 9.16. The Kier molecular flexibility index (Phi) is 3.49. The van der Waals surface area contributed by atoms with Gasteiger partial charge >= 0.3 is 0 Å². The van der Waals surface area contributed by atoms with Crippen LogP contribution in [-0.2, 0) is 0 Å². The predicted octanol–water partition coefficient (Wildman–Crippen LogP) is 4.11. The summed E-state index contributed by atoms with van der Waals surface area (Å²) in [7, 11) is 0. The van der Waals surface area contributed by atoms with Gasteiger partial charge < -0.3 is 10.0 Å². The van der Waals surface area contributed by atoms with Crippen molar-refractivity contribution < 1.29 is 5.11 Å². The molecule has 1 aliphatic carbocycles. The van der Waals surface area contributed by atoms with Gasteiger partial charge in [-0.25, -0.2) is 4.98 Å². The van der Waals surface area contributed by atoms with E-state index >= 15 is 0 Å². The molecule has 0 radical (unpaired) electrons. The van der Waals surface area contributed by atoms with Gasteiger partial charge in [0.05, 0.1) is 17.3 Å². The van der Waals surface area contributed by atoms with Gasteiger partial charge in [0, 0.05) is 29.7 Å². The summed E-state index contributed by atoms with van der Waals surface area (Å²) in [6, 6.07) is 21.1. The maximum atomic E-state index is 9.93. The first kappa shape index (κ1) is 14.9. The van der Waals surface area contributed by atoms with Crippen molar-refractivity contribution in [3.63, 3.8) is 0 Å². The molecule has 2 heterocycles. The molecule has 3 heteroatoms. The van der Waals surface area contributed by atoms with Gasteiger partial charge in [0.25, 0.3) is 0 Å². The number of benzene rings is 2. The van der Waals surface area contributed by atoms with Gasteiger partial charge in [-0.05, 0) is 36.8 Å². The molecule has 2 aromatic carbocycles. The van der Waals surface area contributed by atoms with Gasteiger partial charge in [0.1, 0.15) is 0 Å². The molecule has 3 nitrogen and oxygen atoms in total. The lowest BCUT2D eigenvalue weighted by Crippen LogP contribution is -2.22. The van der Waals surface area contributed by atoms with E-state index in [0.29, 0.717) is 11.8 Å². The van der Waals surface area contributed by atoms with Crippen LogP contribution < -0.4 is 4.90 Å². The van der Waals surface area contributed by atoms with Gasteiger partial charge in [-0.1, -0.05) is 48.5 Å². The average molecular weight is 330 g/mol. The second kappa shape index (κ2) is 5.85. The highest BCUT2D eigenvalue weighted by Gasteiger charge is 2.40. The molecule has 1 aromatic heterocycles. The number of fused-ring (bicyclic) bond motifs is 2. The van der Waals surface area contributed by atoms with Crippen LogP contribution in [0.25, 0.3) is 22.2 Å². The molecule has 3 aromatic rings. The molecule has 3 atom stereocenters. The number of para-hydroxylation sites is 1. The minimum atomic E-state index is -0.0915. The first-order valence-electron chi connectivity index (χ1n) is 9.16. The molecule has 1 saturated heterocycles. The van der Waals surface area contributed by atoms with Gasteiger partial charge in [-0.3, -0.25) is 0 Å². The highest BCUT2D eigenvalue weighted by atomic mass is 16.3. The fourth-order valence-electron chi connectivity index (χ4n) is 4.64. The average Bonchev–Trinajstić information content (AvgIpc) is 3.19. The Morgan fingerprint density at radius 2 is 1.56 bits per heavy atom. The molecule has 0 spiro atoms. The molecule has 0 amide bonds. The Balaban J connectivity index is 1.60. The quantitative estimate of drug-likeness (QED) is 0.768. The van der Waals surface area contributed by atoms with Crippen LogP contribution >= 0.6 is 0 Å². The van der Waals surface area contributed by atoms with Crippen LogP contribution in [0.4, 0.5) is 5.69 Å². The van der Waals surface area contributed by atoms with E-state index in [1.54, 1.807) is 0 Å². The summed E-state index contributed by atoms with van der Waals surface area (Å²) in [6.45, 7) is 2.09. The van der Waals surface area contributed by atoms with Crippen LogP contribution in [0, 0.1) is 11.8 Å². The fraction of sp³-hybridized carbons (Fsp3) is 0.318. The van der Waals surface area contributed by atoms with Crippen molar-refractivity contribution in [2.75, 3.05) is 18.0 Å². The first-order chi connectivity index (χ1) is 12.3. The van der Waals surface area contributed by atoms with E-state index in [-0.39, 0.29) is 6.10 Å². The van der Waals surface area contributed by atoms with Crippen LogP contribution in [0.5, 0.6) is 0 Å². The third-order valence-corrected chi connectivity index (χ3v) is 5.83. The molecular formula is C22H22N2O. The summed E-state index contributed by atoms with van der Waals surface area (Å²) >= 11 is 0. The molecule has 5 rings (SSSR count). The Morgan fingerprint density at radius 1 is 0.880 bits per heavy atom. The van der Waals surface area contributed by atoms with E-state index in [4.69, 9.17) is 4.98 Å². The van der Waals surface area contributed by atoms with Crippen LogP contribution in [0.3, 0.4) is 0 Å². The number of aliphatic hydroxyl groups excluding tert-OH is 1. The van der Waals surface area contributed by atoms with Gasteiger partial charge in [0.15, 0.2) is 0 Å². The summed E-state index contributed by atoms with van der Waals surface area (Å²) in [4.78, 5) is 7.41. The third-order valence-electron chi connectivity index (χ3n) is 5.83. The molecule has 126 valence electrons. The second-order valence-electron chi connectivity index (χ2n) is 7.46. The number of rotatable bonds is 2. The van der Waals surface area contributed by atoms with Crippen LogP contribution in [0.2, 0.25) is 0 Å². The SMILES string of the molecule is OC1C[C@@H]2CN(c3cc(-c4ccccc4)nc4ccccc34)C[C@@H]2C1. The summed E-state index contributed by atoms with van der Waals surface area (Å²) in [5, 5.41) is 11.2. The molecule has 2 fully saturated rings. The number of hydrogen-bond acceptors (Lipinski definition) is 3. The lowest BCUT2D eigenvalue weighted by molar-refractivity contribution is 0.174. The van der Waals surface area contributed by atoms with Gasteiger partial charge in [0.2, 0.25) is 0 Å². The fourth-order valence-corrected chi connectivity index (χ4v) is 4.64. The van der Waals surface area contributed by atoms with Crippen molar-refractivity contribution in [3.8, 4) is 11.3 Å².